The van der Waals surface area contributed by atoms with Crippen LogP contribution in [0, 0.1) is 6.92 Å². The third kappa shape index (κ3) is 4.74. The van der Waals surface area contributed by atoms with E-state index in [1.54, 1.807) is 17.3 Å². The Morgan fingerprint density at radius 2 is 2.06 bits per heavy atom. The van der Waals surface area contributed by atoms with Crippen molar-refractivity contribution < 1.29 is 23.0 Å². The molecule has 9 nitrogen and oxygen atoms in total. The number of nitrogens with zero attached hydrogens (tertiary/aromatic N) is 5. The molecule has 3 aliphatic heterocycles. The molecule has 2 bridgehead atoms. The molecule has 0 spiro atoms. The quantitative estimate of drug-likeness (QED) is 0.536. The number of hydrogen-bond acceptors (Lipinski definition) is 8. The van der Waals surface area contributed by atoms with E-state index in [9.17, 15) is 18.3 Å². The van der Waals surface area contributed by atoms with Crippen LogP contribution in [0.4, 0.5) is 24.8 Å². The van der Waals surface area contributed by atoms with Crippen molar-refractivity contribution >= 4 is 17.2 Å². The zero-order valence-electron chi connectivity index (χ0n) is 18.1. The fourth-order valence-electron chi connectivity index (χ4n) is 4.67. The molecule has 178 valence electrons. The lowest BCUT2D eigenvalue weighted by molar-refractivity contribution is -0.143. The third-order valence-electron chi connectivity index (χ3n) is 6.34. The number of aromatic nitrogens is 4. The SMILES string of the molecule is Cc1cnc(Nc2cnn(C3COC3)c2)nc1C1=CC2CCC(C1)N2C(O)NCC(F)(F)F. The topological polar surface area (TPSA) is 100 Å². The Morgan fingerprint density at radius 3 is 2.76 bits per heavy atom. The molecule has 0 radical (unpaired) electrons. The summed E-state index contributed by atoms with van der Waals surface area (Å²) in [6.45, 7) is 2.01. The van der Waals surface area contributed by atoms with Gasteiger partial charge in [-0.3, -0.25) is 14.9 Å². The number of halogens is 3. The van der Waals surface area contributed by atoms with Crippen LogP contribution in [0.25, 0.3) is 5.57 Å². The first-order valence-corrected chi connectivity index (χ1v) is 11.0. The molecule has 2 saturated heterocycles. The molecule has 0 aromatic carbocycles. The summed E-state index contributed by atoms with van der Waals surface area (Å²) in [6.07, 6.45) is 3.83. The fourth-order valence-corrected chi connectivity index (χ4v) is 4.67. The lowest BCUT2D eigenvalue weighted by Crippen LogP contribution is -2.54. The maximum atomic E-state index is 12.5. The first kappa shape index (κ1) is 22.3. The first-order chi connectivity index (χ1) is 15.8. The van der Waals surface area contributed by atoms with Gasteiger partial charge in [-0.25, -0.2) is 9.97 Å². The van der Waals surface area contributed by atoms with Crippen molar-refractivity contribution in [1.82, 2.24) is 30.0 Å². The number of nitrogens with one attached hydrogen (secondary N) is 2. The van der Waals surface area contributed by atoms with Crippen molar-refractivity contribution in [3.05, 3.63) is 35.9 Å². The van der Waals surface area contributed by atoms with Gasteiger partial charge in [0, 0.05) is 24.5 Å². The van der Waals surface area contributed by atoms with Gasteiger partial charge in [0.25, 0.3) is 0 Å². The second-order valence-corrected chi connectivity index (χ2v) is 8.76. The molecule has 0 aliphatic carbocycles. The number of anilines is 2. The molecule has 3 unspecified atom stereocenters. The Kier molecular flexibility index (Phi) is 5.85. The highest BCUT2D eigenvalue weighted by molar-refractivity contribution is 5.68. The van der Waals surface area contributed by atoms with E-state index in [0.29, 0.717) is 25.6 Å². The van der Waals surface area contributed by atoms with Gasteiger partial charge in [-0.15, -0.1) is 0 Å². The van der Waals surface area contributed by atoms with Crippen molar-refractivity contribution in [2.24, 2.45) is 0 Å². The molecule has 3 N–H and O–H groups in total. The molecule has 0 amide bonds. The highest BCUT2D eigenvalue weighted by atomic mass is 19.4. The van der Waals surface area contributed by atoms with Crippen LogP contribution in [0.3, 0.4) is 0 Å². The average Bonchev–Trinajstić information content (AvgIpc) is 3.27. The number of rotatable bonds is 7. The molecule has 3 atom stereocenters. The largest absolute Gasteiger partial charge is 0.401 e. The minimum absolute atomic E-state index is 0.0561. The number of aliphatic hydroxyl groups is 1. The maximum absolute atomic E-state index is 12.5. The molecule has 33 heavy (non-hydrogen) atoms. The second kappa shape index (κ2) is 8.67. The predicted octanol–water partition coefficient (Wildman–Crippen LogP) is 2.34. The van der Waals surface area contributed by atoms with E-state index in [1.165, 1.54) is 0 Å². The number of aliphatic hydroxyl groups excluding tert-OH is 1. The van der Waals surface area contributed by atoms with Crippen molar-refractivity contribution in [2.45, 2.75) is 56.8 Å². The van der Waals surface area contributed by atoms with E-state index >= 15 is 0 Å². The van der Waals surface area contributed by atoms with E-state index in [1.807, 2.05) is 23.9 Å². The van der Waals surface area contributed by atoms with Crippen molar-refractivity contribution in [1.29, 1.82) is 0 Å². The Morgan fingerprint density at radius 1 is 1.24 bits per heavy atom. The molecular formula is C21H26F3N7O2. The Balaban J connectivity index is 1.31. The molecule has 5 rings (SSSR count). The predicted molar refractivity (Wildman–Crippen MR) is 113 cm³/mol. The van der Waals surface area contributed by atoms with Crippen LogP contribution in [-0.4, -0.2) is 74.1 Å². The number of hydrogen-bond donors (Lipinski definition) is 3. The van der Waals surface area contributed by atoms with Gasteiger partial charge >= 0.3 is 6.18 Å². The fraction of sp³-hybridized carbons (Fsp3) is 0.571. The number of fused-ring (bicyclic) bond motifs is 2. The van der Waals surface area contributed by atoms with Crippen LogP contribution in [0.2, 0.25) is 0 Å². The minimum atomic E-state index is -4.37. The molecule has 3 aliphatic rings. The van der Waals surface area contributed by atoms with E-state index in [-0.39, 0.29) is 18.1 Å². The van der Waals surface area contributed by atoms with Gasteiger partial charge in [0.2, 0.25) is 5.95 Å². The Hall–Kier alpha value is -2.54. The van der Waals surface area contributed by atoms with E-state index in [2.05, 4.69) is 20.7 Å². The lowest BCUT2D eigenvalue weighted by atomic mass is 9.96. The van der Waals surface area contributed by atoms with Gasteiger partial charge in [-0.1, -0.05) is 6.08 Å². The average molecular weight is 465 g/mol. The summed E-state index contributed by atoms with van der Waals surface area (Å²) >= 11 is 0. The Bertz CT molecular complexity index is 1040. The van der Waals surface area contributed by atoms with Gasteiger partial charge < -0.3 is 15.2 Å². The maximum Gasteiger partial charge on any atom is 0.401 e. The molecule has 5 heterocycles. The molecule has 12 heteroatoms. The lowest BCUT2D eigenvalue weighted by Gasteiger charge is -2.37. The number of ether oxygens (including phenoxy) is 1. The number of aryl methyl sites for hydroxylation is 1. The van der Waals surface area contributed by atoms with Crippen molar-refractivity contribution in [3.8, 4) is 0 Å². The summed E-state index contributed by atoms with van der Waals surface area (Å²) in [4.78, 5) is 10.8. The molecule has 2 aromatic rings. The third-order valence-corrected chi connectivity index (χ3v) is 6.34. The minimum Gasteiger partial charge on any atom is -0.377 e. The molecule has 2 fully saturated rings. The van der Waals surface area contributed by atoms with Crippen molar-refractivity contribution in [2.75, 3.05) is 25.1 Å². The van der Waals surface area contributed by atoms with E-state index in [0.717, 1.165) is 35.4 Å². The van der Waals surface area contributed by atoms with Crippen LogP contribution in [0.15, 0.2) is 24.7 Å². The van der Waals surface area contributed by atoms with Gasteiger partial charge in [0.1, 0.15) is 0 Å². The first-order valence-electron chi connectivity index (χ1n) is 11.0. The van der Waals surface area contributed by atoms with Crippen LogP contribution in [-0.2, 0) is 4.74 Å². The smallest absolute Gasteiger partial charge is 0.377 e. The summed E-state index contributed by atoms with van der Waals surface area (Å²) in [7, 11) is 0. The van der Waals surface area contributed by atoms with Crippen LogP contribution in [0.1, 0.15) is 36.6 Å². The summed E-state index contributed by atoms with van der Waals surface area (Å²) in [6, 6.07) is 0.0458. The Labute approximate surface area is 188 Å². The zero-order chi connectivity index (χ0) is 23.2. The van der Waals surface area contributed by atoms with Crippen LogP contribution in [0.5, 0.6) is 0 Å². The number of alkyl halides is 3. The summed E-state index contributed by atoms with van der Waals surface area (Å²) in [5, 5.41) is 20.1. The second-order valence-electron chi connectivity index (χ2n) is 8.76. The van der Waals surface area contributed by atoms with E-state index in [4.69, 9.17) is 9.72 Å². The monoisotopic (exact) mass is 465 g/mol. The van der Waals surface area contributed by atoms with Gasteiger partial charge in [0.05, 0.1) is 43.4 Å². The van der Waals surface area contributed by atoms with Crippen molar-refractivity contribution in [3.63, 3.8) is 0 Å². The zero-order valence-corrected chi connectivity index (χ0v) is 18.1. The summed E-state index contributed by atoms with van der Waals surface area (Å²) in [5.74, 6) is 0.447. The van der Waals surface area contributed by atoms with Gasteiger partial charge in [0.15, 0.2) is 6.35 Å². The van der Waals surface area contributed by atoms with E-state index < -0.39 is 19.1 Å². The highest BCUT2D eigenvalue weighted by Crippen LogP contribution is 2.39. The van der Waals surface area contributed by atoms with Crippen LogP contribution < -0.4 is 10.6 Å². The highest BCUT2D eigenvalue weighted by Gasteiger charge is 2.41. The molecule has 0 saturated carbocycles. The van der Waals surface area contributed by atoms with Gasteiger partial charge in [-0.05, 0) is 37.3 Å². The summed E-state index contributed by atoms with van der Waals surface area (Å²) in [5.41, 5.74) is 3.52. The standard InChI is InChI=1S/C21H26F3N7O2/c1-12-6-25-19(28-14-7-27-30(8-14)17-9-33-10-17)29-18(12)13-4-15-2-3-16(5-13)31(15)20(32)26-11-21(22,23)24/h4,6-8,15-17,20,26,32H,2-3,5,9-11H2,1H3,(H,25,28,29). The molecular weight excluding hydrogens is 439 g/mol. The molecule has 2 aromatic heterocycles. The van der Waals surface area contributed by atoms with Gasteiger partial charge in [-0.2, -0.15) is 18.3 Å². The normalized spacial score (nSPS) is 24.5. The van der Waals surface area contributed by atoms with Crippen LogP contribution >= 0.6 is 0 Å². The summed E-state index contributed by atoms with van der Waals surface area (Å²) < 4.78 is 44.7.